The average molecular weight is 391 g/mol. The minimum absolute atomic E-state index is 0.0138. The molecule has 0 saturated heterocycles. The molecule has 3 rings (SSSR count). The molecule has 5 nitrogen and oxygen atoms in total. The van der Waals surface area contributed by atoms with Crippen LogP contribution in [-0.2, 0) is 4.79 Å². The molecule has 26 heavy (non-hydrogen) atoms. The van der Waals surface area contributed by atoms with E-state index in [4.69, 9.17) is 0 Å². The summed E-state index contributed by atoms with van der Waals surface area (Å²) in [4.78, 5) is 12.3. The first kappa shape index (κ1) is 19.2. The third kappa shape index (κ3) is 5.45. The summed E-state index contributed by atoms with van der Waals surface area (Å²) in [6.07, 6.45) is 6.33. The van der Waals surface area contributed by atoms with Crippen molar-refractivity contribution in [3.8, 4) is 0 Å². The number of nitrogens with one attached hydrogen (secondary N) is 2. The van der Waals surface area contributed by atoms with E-state index in [1.54, 1.807) is 0 Å². The summed E-state index contributed by atoms with van der Waals surface area (Å²) in [5.74, 6) is 0.695. The summed E-state index contributed by atoms with van der Waals surface area (Å²) in [7, 11) is 0. The van der Waals surface area contributed by atoms with Gasteiger partial charge in [-0.05, 0) is 30.4 Å². The van der Waals surface area contributed by atoms with Gasteiger partial charge in [0.2, 0.25) is 11.0 Å². The lowest BCUT2D eigenvalue weighted by Crippen LogP contribution is -2.21. The van der Waals surface area contributed by atoms with E-state index in [1.807, 2.05) is 18.2 Å². The highest BCUT2D eigenvalue weighted by Gasteiger charge is 2.16. The van der Waals surface area contributed by atoms with Crippen molar-refractivity contribution in [3.63, 3.8) is 0 Å². The van der Waals surface area contributed by atoms with E-state index >= 15 is 0 Å². The van der Waals surface area contributed by atoms with Gasteiger partial charge in [-0.25, -0.2) is 0 Å². The number of carbonyl (C=O) groups is 1. The molecule has 0 atom stereocenters. The van der Waals surface area contributed by atoms with Gasteiger partial charge in [-0.15, -0.1) is 10.2 Å². The van der Waals surface area contributed by atoms with Crippen LogP contribution in [0.4, 0.5) is 10.8 Å². The molecule has 2 aromatic rings. The van der Waals surface area contributed by atoms with Gasteiger partial charge < -0.3 is 10.6 Å². The number of hydrogen-bond donors (Lipinski definition) is 2. The number of para-hydroxylation sites is 1. The first-order valence-electron chi connectivity index (χ1n) is 9.23. The Labute approximate surface area is 163 Å². The zero-order valence-electron chi connectivity index (χ0n) is 15.3. The van der Waals surface area contributed by atoms with Crippen LogP contribution >= 0.6 is 23.1 Å². The molecule has 0 unspecified atom stereocenters. The van der Waals surface area contributed by atoms with Crippen molar-refractivity contribution in [1.29, 1.82) is 0 Å². The Morgan fingerprint density at radius 1 is 1.23 bits per heavy atom. The summed E-state index contributed by atoms with van der Waals surface area (Å²) in [5.41, 5.74) is 2.05. The summed E-state index contributed by atoms with van der Waals surface area (Å²) in [6.45, 7) is 4.25. The Morgan fingerprint density at radius 3 is 2.77 bits per heavy atom. The number of nitrogens with zero attached hydrogens (tertiary/aromatic N) is 2. The molecule has 7 heteroatoms. The van der Waals surface area contributed by atoms with Crippen LogP contribution < -0.4 is 10.6 Å². The molecule has 0 bridgehead atoms. The third-order valence-electron chi connectivity index (χ3n) is 4.52. The van der Waals surface area contributed by atoms with E-state index in [-0.39, 0.29) is 5.91 Å². The van der Waals surface area contributed by atoms with Crippen molar-refractivity contribution in [2.45, 2.75) is 62.3 Å². The molecule has 1 aliphatic rings. The molecule has 1 fully saturated rings. The highest BCUT2D eigenvalue weighted by atomic mass is 32.2. The fraction of sp³-hybridized carbons (Fsp3) is 0.526. The predicted octanol–water partition coefficient (Wildman–Crippen LogP) is 5.14. The highest BCUT2D eigenvalue weighted by molar-refractivity contribution is 8.01. The Kier molecular flexibility index (Phi) is 6.91. The van der Waals surface area contributed by atoms with Crippen molar-refractivity contribution in [2.24, 2.45) is 0 Å². The van der Waals surface area contributed by atoms with Crippen molar-refractivity contribution in [3.05, 3.63) is 29.8 Å². The monoisotopic (exact) mass is 390 g/mol. The summed E-state index contributed by atoms with van der Waals surface area (Å²) in [5, 5.41) is 15.8. The molecule has 0 radical (unpaired) electrons. The Balaban J connectivity index is 1.49. The largest absolute Gasteiger partial charge is 0.357 e. The van der Waals surface area contributed by atoms with Gasteiger partial charge in [-0.3, -0.25) is 4.79 Å². The van der Waals surface area contributed by atoms with Crippen LogP contribution in [0.15, 0.2) is 28.6 Å². The molecular formula is C19H26N4OS2. The fourth-order valence-electron chi connectivity index (χ4n) is 3.18. The lowest BCUT2D eigenvalue weighted by atomic mass is 9.96. The van der Waals surface area contributed by atoms with Crippen LogP contribution in [-0.4, -0.2) is 27.9 Å². The molecule has 1 saturated carbocycles. The van der Waals surface area contributed by atoms with Crippen LogP contribution in [0.2, 0.25) is 0 Å². The van der Waals surface area contributed by atoms with Gasteiger partial charge in [0, 0.05) is 11.7 Å². The van der Waals surface area contributed by atoms with E-state index in [0.717, 1.165) is 20.7 Å². The number of amides is 1. The Hall–Kier alpha value is -1.60. The lowest BCUT2D eigenvalue weighted by Gasteiger charge is -2.21. The summed E-state index contributed by atoms with van der Waals surface area (Å²) >= 11 is 2.97. The zero-order chi connectivity index (χ0) is 18.4. The first-order valence-corrected chi connectivity index (χ1v) is 11.0. The summed E-state index contributed by atoms with van der Waals surface area (Å²) < 4.78 is 0.829. The van der Waals surface area contributed by atoms with Gasteiger partial charge in [-0.1, -0.05) is 74.4 Å². The van der Waals surface area contributed by atoms with E-state index in [2.05, 4.69) is 40.7 Å². The molecule has 0 spiro atoms. The van der Waals surface area contributed by atoms with E-state index in [1.165, 1.54) is 55.2 Å². The number of benzene rings is 1. The number of hydrogen-bond acceptors (Lipinski definition) is 6. The fourth-order valence-corrected chi connectivity index (χ4v) is 4.80. The number of aromatic nitrogens is 2. The minimum Gasteiger partial charge on any atom is -0.357 e. The molecule has 1 amide bonds. The van der Waals surface area contributed by atoms with Gasteiger partial charge in [-0.2, -0.15) is 0 Å². The second kappa shape index (κ2) is 9.37. The van der Waals surface area contributed by atoms with Gasteiger partial charge in [0.15, 0.2) is 4.34 Å². The number of thioether (sulfide) groups is 1. The number of rotatable bonds is 7. The standard InChI is InChI=1S/C19H26N4OS2/c1-13(2)15-10-6-7-11-16(15)21-17(24)12-25-19-23-22-18(26-19)20-14-8-4-3-5-9-14/h6-7,10-11,13-14H,3-5,8-9,12H2,1-2H3,(H,20,22)(H,21,24). The van der Waals surface area contributed by atoms with Crippen LogP contribution in [0.5, 0.6) is 0 Å². The maximum absolute atomic E-state index is 12.3. The molecule has 1 aromatic heterocycles. The second-order valence-corrected chi connectivity index (χ2v) is 9.13. The van der Waals surface area contributed by atoms with Gasteiger partial charge in [0.05, 0.1) is 5.75 Å². The molecule has 1 aliphatic carbocycles. The van der Waals surface area contributed by atoms with Gasteiger partial charge >= 0.3 is 0 Å². The number of carbonyl (C=O) groups excluding carboxylic acids is 1. The van der Waals surface area contributed by atoms with Crippen LogP contribution in [0.1, 0.15) is 57.4 Å². The molecule has 1 aromatic carbocycles. The number of anilines is 2. The zero-order valence-corrected chi connectivity index (χ0v) is 17.0. The molecule has 0 aliphatic heterocycles. The highest BCUT2D eigenvalue weighted by Crippen LogP contribution is 2.29. The third-order valence-corrected chi connectivity index (χ3v) is 6.51. The molecule has 2 N–H and O–H groups in total. The quantitative estimate of drug-likeness (QED) is 0.641. The minimum atomic E-state index is -0.0138. The van der Waals surface area contributed by atoms with Gasteiger partial charge in [0.25, 0.3) is 0 Å². The van der Waals surface area contributed by atoms with Crippen molar-refractivity contribution in [1.82, 2.24) is 10.2 Å². The maximum atomic E-state index is 12.3. The van der Waals surface area contributed by atoms with E-state index in [0.29, 0.717) is 17.7 Å². The Bertz CT molecular complexity index is 726. The Morgan fingerprint density at radius 2 is 2.00 bits per heavy atom. The lowest BCUT2D eigenvalue weighted by molar-refractivity contribution is -0.113. The van der Waals surface area contributed by atoms with Crippen molar-refractivity contribution in [2.75, 3.05) is 16.4 Å². The topological polar surface area (TPSA) is 66.9 Å². The maximum Gasteiger partial charge on any atom is 0.234 e. The van der Waals surface area contributed by atoms with Gasteiger partial charge in [0.1, 0.15) is 0 Å². The van der Waals surface area contributed by atoms with Crippen LogP contribution in [0.3, 0.4) is 0 Å². The van der Waals surface area contributed by atoms with E-state index in [9.17, 15) is 4.79 Å². The first-order chi connectivity index (χ1) is 12.6. The van der Waals surface area contributed by atoms with Crippen LogP contribution in [0, 0.1) is 0 Å². The van der Waals surface area contributed by atoms with E-state index < -0.39 is 0 Å². The summed E-state index contributed by atoms with van der Waals surface area (Å²) in [6, 6.07) is 8.48. The second-order valence-electron chi connectivity index (χ2n) is 6.93. The normalized spacial score (nSPS) is 15.2. The van der Waals surface area contributed by atoms with Crippen molar-refractivity contribution < 1.29 is 4.79 Å². The SMILES string of the molecule is CC(C)c1ccccc1NC(=O)CSc1nnc(NC2CCCCC2)s1. The molecule has 1 heterocycles. The predicted molar refractivity (Wildman–Crippen MR) is 110 cm³/mol. The van der Waals surface area contributed by atoms with Crippen LogP contribution in [0.25, 0.3) is 0 Å². The molecule has 140 valence electrons. The smallest absolute Gasteiger partial charge is 0.234 e. The van der Waals surface area contributed by atoms with Crippen molar-refractivity contribution >= 4 is 39.8 Å². The molecular weight excluding hydrogens is 364 g/mol. The average Bonchev–Trinajstić information content (AvgIpc) is 3.08.